The minimum atomic E-state index is -0.723. The van der Waals surface area contributed by atoms with Gasteiger partial charge in [0, 0.05) is 10.9 Å². The summed E-state index contributed by atoms with van der Waals surface area (Å²) in [6, 6.07) is 18.5. The zero-order chi connectivity index (χ0) is 27.9. The van der Waals surface area contributed by atoms with Crippen molar-refractivity contribution in [2.24, 2.45) is 0 Å². The number of amides is 1. The molecule has 0 radical (unpaired) electrons. The average molecular weight is 531 g/mol. The third-order valence-electron chi connectivity index (χ3n) is 5.84. The van der Waals surface area contributed by atoms with E-state index in [4.69, 9.17) is 28.7 Å². The number of aromatic nitrogens is 1. The predicted molar refractivity (Wildman–Crippen MR) is 144 cm³/mol. The summed E-state index contributed by atoms with van der Waals surface area (Å²) in [4.78, 5) is 42.4. The van der Waals surface area contributed by atoms with E-state index in [1.807, 2.05) is 0 Å². The lowest BCUT2D eigenvalue weighted by Crippen LogP contribution is -2.22. The van der Waals surface area contributed by atoms with Crippen molar-refractivity contribution in [2.45, 2.75) is 0 Å². The maximum atomic E-state index is 13.2. The van der Waals surface area contributed by atoms with Crippen LogP contribution in [0.4, 0.5) is 5.69 Å². The number of carbonyl (C=O) groups is 3. The lowest BCUT2D eigenvalue weighted by molar-refractivity contribution is -0.119. The Labute approximate surface area is 224 Å². The zero-order valence-corrected chi connectivity index (χ0v) is 21.8. The number of para-hydroxylation sites is 2. The van der Waals surface area contributed by atoms with Gasteiger partial charge in [-0.25, -0.2) is 14.6 Å². The van der Waals surface area contributed by atoms with Crippen molar-refractivity contribution in [3.8, 4) is 28.5 Å². The standard InChI is InChI=1S/C29H26N2O8/c1-35-24-13-17(14-25(36-2)27(24)37-3)23-15-20(18-9-5-7-11-21(18)30-23)29(34)39-16-26(32)31-22-12-8-6-10-19(22)28(33)38-4/h5-15H,16H2,1-4H3,(H,31,32). The van der Waals surface area contributed by atoms with E-state index in [0.717, 1.165) is 0 Å². The molecule has 1 heterocycles. The molecule has 0 saturated carbocycles. The Hall–Kier alpha value is -5.12. The molecular weight excluding hydrogens is 504 g/mol. The number of pyridine rings is 1. The summed E-state index contributed by atoms with van der Waals surface area (Å²) in [7, 11) is 5.76. The normalized spacial score (nSPS) is 10.5. The molecular formula is C29H26N2O8. The number of hydrogen-bond donors (Lipinski definition) is 1. The van der Waals surface area contributed by atoms with Crippen molar-refractivity contribution in [1.29, 1.82) is 0 Å². The summed E-state index contributed by atoms with van der Waals surface area (Å²) in [6.45, 7) is -0.579. The number of fused-ring (bicyclic) bond motifs is 1. The number of nitrogens with zero attached hydrogens (tertiary/aromatic N) is 1. The van der Waals surface area contributed by atoms with Crippen molar-refractivity contribution >= 4 is 34.4 Å². The molecule has 0 aliphatic heterocycles. The summed E-state index contributed by atoms with van der Waals surface area (Å²) in [5.41, 5.74) is 2.25. The average Bonchev–Trinajstić information content (AvgIpc) is 2.98. The van der Waals surface area contributed by atoms with Gasteiger partial charge in [0.05, 0.1) is 56.5 Å². The molecule has 10 nitrogen and oxygen atoms in total. The van der Waals surface area contributed by atoms with Crippen LogP contribution < -0.4 is 19.5 Å². The molecule has 0 fully saturated rings. The fourth-order valence-electron chi connectivity index (χ4n) is 4.00. The molecule has 1 N–H and O–H groups in total. The summed E-state index contributed by atoms with van der Waals surface area (Å²) >= 11 is 0. The molecule has 0 atom stereocenters. The number of ether oxygens (including phenoxy) is 5. The van der Waals surface area contributed by atoms with Gasteiger partial charge in [0.15, 0.2) is 18.1 Å². The second-order valence-electron chi connectivity index (χ2n) is 8.15. The predicted octanol–water partition coefficient (Wildman–Crippen LogP) is 4.51. The Morgan fingerprint density at radius 1 is 0.769 bits per heavy atom. The van der Waals surface area contributed by atoms with Gasteiger partial charge >= 0.3 is 11.9 Å². The molecule has 39 heavy (non-hydrogen) atoms. The molecule has 0 bridgehead atoms. The van der Waals surface area contributed by atoms with E-state index in [9.17, 15) is 14.4 Å². The van der Waals surface area contributed by atoms with Gasteiger partial charge in [-0.05, 0) is 36.4 Å². The Morgan fingerprint density at radius 3 is 2.10 bits per heavy atom. The van der Waals surface area contributed by atoms with Crippen LogP contribution in [0.5, 0.6) is 17.2 Å². The number of carbonyl (C=O) groups excluding carboxylic acids is 3. The quantitative estimate of drug-likeness (QED) is 0.311. The molecule has 0 aliphatic rings. The largest absolute Gasteiger partial charge is 0.493 e. The highest BCUT2D eigenvalue weighted by Gasteiger charge is 2.20. The SMILES string of the molecule is COC(=O)c1ccccc1NC(=O)COC(=O)c1cc(-c2cc(OC)c(OC)c(OC)c2)nc2ccccc12. The van der Waals surface area contributed by atoms with E-state index in [0.29, 0.717) is 39.4 Å². The smallest absolute Gasteiger partial charge is 0.339 e. The van der Waals surface area contributed by atoms with Gasteiger partial charge in [-0.15, -0.1) is 0 Å². The van der Waals surface area contributed by atoms with Crippen LogP contribution in [-0.4, -0.2) is 57.9 Å². The second kappa shape index (κ2) is 12.0. The molecule has 0 unspecified atom stereocenters. The van der Waals surface area contributed by atoms with Gasteiger partial charge in [-0.2, -0.15) is 0 Å². The molecule has 10 heteroatoms. The molecule has 200 valence electrons. The monoisotopic (exact) mass is 530 g/mol. The summed E-state index contributed by atoms with van der Waals surface area (Å²) < 4.78 is 26.4. The van der Waals surface area contributed by atoms with Crippen molar-refractivity contribution < 1.29 is 38.1 Å². The fourth-order valence-corrected chi connectivity index (χ4v) is 4.00. The Bertz CT molecular complexity index is 1520. The molecule has 4 rings (SSSR count). The summed E-state index contributed by atoms with van der Waals surface area (Å²) in [5, 5.41) is 3.13. The third-order valence-corrected chi connectivity index (χ3v) is 5.84. The molecule has 1 aromatic heterocycles. The highest BCUT2D eigenvalue weighted by atomic mass is 16.5. The van der Waals surface area contributed by atoms with E-state index in [2.05, 4.69) is 5.32 Å². The van der Waals surface area contributed by atoms with E-state index in [-0.39, 0.29) is 16.8 Å². The van der Waals surface area contributed by atoms with Gasteiger partial charge in [0.25, 0.3) is 5.91 Å². The minimum Gasteiger partial charge on any atom is -0.493 e. The van der Waals surface area contributed by atoms with E-state index in [1.165, 1.54) is 34.5 Å². The molecule has 3 aromatic carbocycles. The number of anilines is 1. The zero-order valence-electron chi connectivity index (χ0n) is 21.8. The van der Waals surface area contributed by atoms with Crippen LogP contribution in [0.15, 0.2) is 66.7 Å². The van der Waals surface area contributed by atoms with E-state index >= 15 is 0 Å². The van der Waals surface area contributed by atoms with Crippen molar-refractivity contribution in [1.82, 2.24) is 4.98 Å². The second-order valence-corrected chi connectivity index (χ2v) is 8.15. The first-order valence-electron chi connectivity index (χ1n) is 11.7. The van der Waals surface area contributed by atoms with Gasteiger partial charge in [-0.1, -0.05) is 30.3 Å². The number of rotatable bonds is 9. The van der Waals surface area contributed by atoms with E-state index < -0.39 is 24.5 Å². The van der Waals surface area contributed by atoms with Crippen molar-refractivity contribution in [3.05, 3.63) is 77.9 Å². The van der Waals surface area contributed by atoms with Gasteiger partial charge < -0.3 is 29.0 Å². The van der Waals surface area contributed by atoms with Gasteiger partial charge in [-0.3, -0.25) is 4.79 Å². The van der Waals surface area contributed by atoms with Crippen molar-refractivity contribution in [2.75, 3.05) is 40.4 Å². The minimum absolute atomic E-state index is 0.176. The molecule has 0 saturated heterocycles. The maximum Gasteiger partial charge on any atom is 0.339 e. The first kappa shape index (κ1) is 26.9. The Morgan fingerprint density at radius 2 is 1.44 bits per heavy atom. The lowest BCUT2D eigenvalue weighted by Gasteiger charge is -2.15. The Balaban J connectivity index is 1.62. The van der Waals surface area contributed by atoms with Crippen LogP contribution in [0.1, 0.15) is 20.7 Å². The van der Waals surface area contributed by atoms with Crippen LogP contribution in [0.3, 0.4) is 0 Å². The van der Waals surface area contributed by atoms with Crippen LogP contribution in [0, 0.1) is 0 Å². The van der Waals surface area contributed by atoms with Crippen LogP contribution in [0.2, 0.25) is 0 Å². The summed E-state index contributed by atoms with van der Waals surface area (Å²) in [5.74, 6) is -0.680. The highest BCUT2D eigenvalue weighted by molar-refractivity contribution is 6.06. The molecule has 0 aliphatic carbocycles. The van der Waals surface area contributed by atoms with Gasteiger partial charge in [0.2, 0.25) is 5.75 Å². The molecule has 1 amide bonds. The lowest BCUT2D eigenvalue weighted by atomic mass is 10.0. The first-order chi connectivity index (χ1) is 18.9. The van der Waals surface area contributed by atoms with Crippen LogP contribution in [0.25, 0.3) is 22.2 Å². The molecule has 0 spiro atoms. The van der Waals surface area contributed by atoms with Crippen LogP contribution in [-0.2, 0) is 14.3 Å². The number of esters is 2. The highest BCUT2D eigenvalue weighted by Crippen LogP contribution is 2.41. The van der Waals surface area contributed by atoms with Crippen molar-refractivity contribution in [3.63, 3.8) is 0 Å². The van der Waals surface area contributed by atoms with Gasteiger partial charge in [0.1, 0.15) is 0 Å². The third kappa shape index (κ3) is 5.74. The Kier molecular flexibility index (Phi) is 8.25. The number of nitrogens with one attached hydrogen (secondary N) is 1. The number of benzene rings is 3. The maximum absolute atomic E-state index is 13.2. The molecule has 4 aromatic rings. The van der Waals surface area contributed by atoms with Crippen LogP contribution >= 0.6 is 0 Å². The fraction of sp³-hybridized carbons (Fsp3) is 0.172. The first-order valence-corrected chi connectivity index (χ1v) is 11.7. The topological polar surface area (TPSA) is 122 Å². The number of hydrogen-bond acceptors (Lipinski definition) is 9. The summed E-state index contributed by atoms with van der Waals surface area (Å²) in [6.07, 6.45) is 0. The van der Waals surface area contributed by atoms with E-state index in [1.54, 1.807) is 60.7 Å². The number of methoxy groups -OCH3 is 4.